The maximum Gasteiger partial charge on any atom is 0.0387 e. The van der Waals surface area contributed by atoms with Crippen LogP contribution in [-0.2, 0) is 6.54 Å². The molecular formula is C15H25IN2S2. The van der Waals surface area contributed by atoms with Crippen molar-refractivity contribution in [1.82, 2.24) is 5.32 Å². The zero-order valence-electron chi connectivity index (χ0n) is 12.8. The molecule has 0 aliphatic carbocycles. The van der Waals surface area contributed by atoms with Crippen LogP contribution in [0.2, 0.25) is 0 Å². The monoisotopic (exact) mass is 424 g/mol. The van der Waals surface area contributed by atoms with Crippen LogP contribution >= 0.6 is 46.1 Å². The van der Waals surface area contributed by atoms with Crippen molar-refractivity contribution in [2.45, 2.75) is 25.1 Å². The normalized spacial score (nSPS) is 11.7. The molecule has 2 nitrogen and oxygen atoms in total. The zero-order valence-corrected chi connectivity index (χ0v) is 16.5. The molecule has 1 rings (SSSR count). The van der Waals surface area contributed by atoms with Crippen LogP contribution in [0.1, 0.15) is 19.4 Å². The highest BCUT2D eigenvalue weighted by molar-refractivity contribution is 14.1. The van der Waals surface area contributed by atoms with Crippen LogP contribution in [0.5, 0.6) is 0 Å². The van der Waals surface area contributed by atoms with Crippen molar-refractivity contribution < 1.29 is 0 Å². The lowest BCUT2D eigenvalue weighted by molar-refractivity contribution is 0.726. The lowest BCUT2D eigenvalue weighted by Gasteiger charge is -2.24. The number of rotatable bonds is 9. The van der Waals surface area contributed by atoms with Gasteiger partial charge in [0.1, 0.15) is 0 Å². The fourth-order valence-corrected chi connectivity index (χ4v) is 2.78. The molecule has 0 heterocycles. The molecule has 0 bridgehead atoms. The van der Waals surface area contributed by atoms with E-state index in [4.69, 9.17) is 0 Å². The third kappa shape index (κ3) is 6.91. The summed E-state index contributed by atoms with van der Waals surface area (Å²) in [5.74, 6) is 1.16. The van der Waals surface area contributed by atoms with E-state index in [1.54, 1.807) is 0 Å². The summed E-state index contributed by atoms with van der Waals surface area (Å²) in [6.07, 6.45) is 4.31. The summed E-state index contributed by atoms with van der Waals surface area (Å²) in [7, 11) is 0. The molecule has 0 radical (unpaired) electrons. The predicted molar refractivity (Wildman–Crippen MR) is 105 cm³/mol. The predicted octanol–water partition coefficient (Wildman–Crippen LogP) is 4.30. The Hall–Kier alpha value is 0.410. The summed E-state index contributed by atoms with van der Waals surface area (Å²) in [4.78, 5) is 0. The van der Waals surface area contributed by atoms with Crippen molar-refractivity contribution in [2.24, 2.45) is 0 Å². The first-order valence-electron chi connectivity index (χ1n) is 6.75. The van der Waals surface area contributed by atoms with Gasteiger partial charge in [0.25, 0.3) is 0 Å². The number of hydrogen-bond donors (Lipinski definition) is 2. The minimum atomic E-state index is 0.256. The molecule has 0 aliphatic heterocycles. The molecule has 1 aromatic rings. The highest BCUT2D eigenvalue weighted by atomic mass is 127. The average molecular weight is 424 g/mol. The van der Waals surface area contributed by atoms with E-state index in [-0.39, 0.29) is 4.75 Å². The van der Waals surface area contributed by atoms with E-state index in [1.165, 1.54) is 14.8 Å². The summed E-state index contributed by atoms with van der Waals surface area (Å²) in [5.41, 5.74) is 2.61. The smallest absolute Gasteiger partial charge is 0.0387 e. The van der Waals surface area contributed by atoms with Crippen molar-refractivity contribution in [2.75, 3.05) is 36.7 Å². The Kier molecular flexibility index (Phi) is 8.71. The Balaban J connectivity index is 2.64. The molecule has 0 fully saturated rings. The van der Waals surface area contributed by atoms with Crippen LogP contribution in [0, 0.1) is 3.57 Å². The second-order valence-electron chi connectivity index (χ2n) is 5.29. The van der Waals surface area contributed by atoms with Crippen molar-refractivity contribution in [1.29, 1.82) is 0 Å². The third-order valence-corrected chi connectivity index (χ3v) is 5.66. The molecule has 0 amide bonds. The van der Waals surface area contributed by atoms with Gasteiger partial charge < -0.3 is 10.6 Å². The maximum atomic E-state index is 3.60. The second-order valence-corrected chi connectivity index (χ2v) is 9.03. The summed E-state index contributed by atoms with van der Waals surface area (Å²) in [6, 6.07) is 6.63. The lowest BCUT2D eigenvalue weighted by Crippen LogP contribution is -2.26. The summed E-state index contributed by atoms with van der Waals surface area (Å²) >= 11 is 6.15. The summed E-state index contributed by atoms with van der Waals surface area (Å²) < 4.78 is 1.55. The molecule has 0 spiro atoms. The molecule has 0 saturated heterocycles. The SMILES string of the molecule is CSCCNCc1cc(I)ccc1NCC(C)(C)SC. The molecule has 20 heavy (non-hydrogen) atoms. The van der Waals surface area contributed by atoms with Crippen LogP contribution in [0.3, 0.4) is 0 Å². The standard InChI is InChI=1S/C15H25IN2S2/c1-15(2,20-4)11-18-14-6-5-13(16)9-12(14)10-17-7-8-19-3/h5-6,9,17-18H,7-8,10-11H2,1-4H3. The number of benzene rings is 1. The molecule has 0 unspecified atom stereocenters. The molecule has 0 aromatic heterocycles. The van der Waals surface area contributed by atoms with E-state index in [9.17, 15) is 0 Å². The Morgan fingerprint density at radius 2 is 2.00 bits per heavy atom. The van der Waals surface area contributed by atoms with Gasteiger partial charge in [0.15, 0.2) is 0 Å². The van der Waals surface area contributed by atoms with Crippen LogP contribution in [0.4, 0.5) is 5.69 Å². The highest BCUT2D eigenvalue weighted by Crippen LogP contribution is 2.24. The molecule has 0 atom stereocenters. The van der Waals surface area contributed by atoms with Crippen LogP contribution < -0.4 is 10.6 Å². The van der Waals surface area contributed by atoms with Gasteiger partial charge in [0, 0.05) is 39.4 Å². The fourth-order valence-electron chi connectivity index (χ4n) is 1.66. The first kappa shape index (κ1) is 18.5. The van der Waals surface area contributed by atoms with Crippen LogP contribution in [0.15, 0.2) is 18.2 Å². The zero-order chi connectivity index (χ0) is 15.0. The first-order chi connectivity index (χ1) is 9.48. The van der Waals surface area contributed by atoms with Gasteiger partial charge >= 0.3 is 0 Å². The molecular weight excluding hydrogens is 399 g/mol. The summed E-state index contributed by atoms with van der Waals surface area (Å²) in [6.45, 7) is 7.51. The van der Waals surface area contributed by atoms with E-state index < -0.39 is 0 Å². The molecule has 0 aliphatic rings. The maximum absolute atomic E-state index is 3.60. The molecule has 114 valence electrons. The number of halogens is 1. The average Bonchev–Trinajstić information content (AvgIpc) is 2.43. The molecule has 2 N–H and O–H groups in total. The van der Waals surface area contributed by atoms with Crippen molar-refractivity contribution >= 4 is 51.8 Å². The minimum Gasteiger partial charge on any atom is -0.383 e. The van der Waals surface area contributed by atoms with Gasteiger partial charge in [-0.3, -0.25) is 0 Å². The van der Waals surface area contributed by atoms with Gasteiger partial charge in [-0.05, 0) is 72.7 Å². The Bertz CT molecular complexity index is 411. The second kappa shape index (κ2) is 9.43. The van der Waals surface area contributed by atoms with E-state index >= 15 is 0 Å². The first-order valence-corrected chi connectivity index (χ1v) is 10.5. The fraction of sp³-hybridized carbons (Fsp3) is 0.600. The Labute approximate surface area is 145 Å². The van der Waals surface area contributed by atoms with Crippen molar-refractivity contribution in [3.63, 3.8) is 0 Å². The summed E-state index contributed by atoms with van der Waals surface area (Å²) in [5, 5.41) is 7.12. The van der Waals surface area contributed by atoms with E-state index in [0.29, 0.717) is 0 Å². The quantitative estimate of drug-likeness (QED) is 0.456. The van der Waals surface area contributed by atoms with E-state index in [2.05, 4.69) is 77.8 Å². The van der Waals surface area contributed by atoms with Gasteiger partial charge in [-0.15, -0.1) is 0 Å². The van der Waals surface area contributed by atoms with Gasteiger partial charge in [-0.25, -0.2) is 0 Å². The third-order valence-electron chi connectivity index (χ3n) is 3.12. The number of anilines is 1. The van der Waals surface area contributed by atoms with Gasteiger partial charge in [-0.1, -0.05) is 0 Å². The van der Waals surface area contributed by atoms with Gasteiger partial charge in [0.2, 0.25) is 0 Å². The largest absolute Gasteiger partial charge is 0.383 e. The Morgan fingerprint density at radius 3 is 2.65 bits per heavy atom. The van der Waals surface area contributed by atoms with Crippen LogP contribution in [0.25, 0.3) is 0 Å². The minimum absolute atomic E-state index is 0.256. The Morgan fingerprint density at radius 1 is 1.25 bits per heavy atom. The molecule has 1 aromatic carbocycles. The van der Waals surface area contributed by atoms with Gasteiger partial charge in [-0.2, -0.15) is 23.5 Å². The van der Waals surface area contributed by atoms with E-state index in [1.807, 2.05) is 23.5 Å². The van der Waals surface area contributed by atoms with Crippen LogP contribution in [-0.4, -0.2) is 36.1 Å². The molecule has 5 heteroatoms. The highest BCUT2D eigenvalue weighted by Gasteiger charge is 2.16. The van der Waals surface area contributed by atoms with Crippen molar-refractivity contribution in [3.8, 4) is 0 Å². The number of nitrogens with one attached hydrogen (secondary N) is 2. The number of thioether (sulfide) groups is 2. The lowest BCUT2D eigenvalue weighted by atomic mass is 10.1. The van der Waals surface area contributed by atoms with Gasteiger partial charge in [0.05, 0.1) is 0 Å². The topological polar surface area (TPSA) is 24.1 Å². The number of hydrogen-bond acceptors (Lipinski definition) is 4. The van der Waals surface area contributed by atoms with E-state index in [0.717, 1.165) is 25.4 Å². The van der Waals surface area contributed by atoms with Crippen molar-refractivity contribution in [3.05, 3.63) is 27.3 Å². The molecule has 0 saturated carbocycles.